The van der Waals surface area contributed by atoms with Crippen molar-refractivity contribution in [2.45, 2.75) is 6.42 Å². The van der Waals surface area contributed by atoms with Crippen LogP contribution in [-0.4, -0.2) is 29.8 Å². The van der Waals surface area contributed by atoms with Gasteiger partial charge in [-0.05, 0) is 30.2 Å². The van der Waals surface area contributed by atoms with Gasteiger partial charge in [-0.25, -0.2) is 5.84 Å². The molecule has 1 amide bonds. The molecule has 2 rings (SSSR count). The quantitative estimate of drug-likeness (QED) is 0.535. The number of anilines is 1. The second kappa shape index (κ2) is 7.20. The van der Waals surface area contributed by atoms with Crippen molar-refractivity contribution in [1.29, 1.82) is 0 Å². The summed E-state index contributed by atoms with van der Waals surface area (Å²) in [6, 6.07) is 10.8. The summed E-state index contributed by atoms with van der Waals surface area (Å²) in [6.45, 7) is 0.484. The molecule has 0 saturated heterocycles. The Balaban J connectivity index is 1.89. The number of ether oxygens (including phenoxy) is 1. The second-order valence-electron chi connectivity index (χ2n) is 4.27. The average Bonchev–Trinajstić information content (AvgIpc) is 2.55. The number of rotatable bonds is 6. The fourth-order valence-electron chi connectivity index (χ4n) is 1.84. The molecule has 0 radical (unpaired) electrons. The molecule has 1 aromatic heterocycles. The molecule has 0 aliphatic rings. The molecule has 0 spiro atoms. The Bertz CT molecular complexity index is 601. The number of nitrogens with two attached hydrogens (primary N) is 1. The van der Waals surface area contributed by atoms with Crippen LogP contribution in [0.25, 0.3) is 0 Å². The lowest BCUT2D eigenvalue weighted by molar-refractivity contribution is 0.0948. The minimum atomic E-state index is -0.277. The summed E-state index contributed by atoms with van der Waals surface area (Å²) in [7, 11) is 1.63. The molecule has 21 heavy (non-hydrogen) atoms. The molecule has 0 aliphatic heterocycles. The molecule has 0 bridgehead atoms. The van der Waals surface area contributed by atoms with Gasteiger partial charge in [0.05, 0.1) is 7.11 Å². The highest BCUT2D eigenvalue weighted by Gasteiger charge is 2.08. The predicted molar refractivity (Wildman–Crippen MR) is 78.9 cm³/mol. The van der Waals surface area contributed by atoms with Crippen LogP contribution in [0.5, 0.6) is 5.75 Å². The number of nitrogens with zero attached hydrogens (tertiary/aromatic N) is 2. The van der Waals surface area contributed by atoms with Crippen molar-refractivity contribution in [3.05, 3.63) is 47.7 Å². The first-order chi connectivity index (χ1) is 10.2. The summed E-state index contributed by atoms with van der Waals surface area (Å²) in [4.78, 5) is 11.9. The highest BCUT2D eigenvalue weighted by atomic mass is 16.5. The Hall–Kier alpha value is -2.67. The molecule has 0 atom stereocenters. The second-order valence-corrected chi connectivity index (χ2v) is 4.27. The molecule has 0 fully saturated rings. The number of hydrogen-bond donors (Lipinski definition) is 3. The Morgan fingerprint density at radius 3 is 2.71 bits per heavy atom. The molecule has 7 heteroatoms. The Labute approximate surface area is 122 Å². The molecule has 0 aliphatic carbocycles. The maximum absolute atomic E-state index is 11.9. The first kappa shape index (κ1) is 14.7. The van der Waals surface area contributed by atoms with E-state index in [9.17, 15) is 4.79 Å². The van der Waals surface area contributed by atoms with Gasteiger partial charge >= 0.3 is 0 Å². The van der Waals surface area contributed by atoms with E-state index in [1.165, 1.54) is 0 Å². The van der Waals surface area contributed by atoms with Crippen molar-refractivity contribution in [3.8, 4) is 5.75 Å². The number of amides is 1. The Morgan fingerprint density at radius 1 is 1.24 bits per heavy atom. The SMILES string of the molecule is COc1ccccc1CCNC(=O)c1ccc(NN)nn1. The van der Waals surface area contributed by atoms with Gasteiger partial charge in [0.1, 0.15) is 5.75 Å². The molecule has 7 nitrogen and oxygen atoms in total. The predicted octanol–water partition coefficient (Wildman–Crippen LogP) is 0.743. The van der Waals surface area contributed by atoms with E-state index in [1.54, 1.807) is 19.2 Å². The highest BCUT2D eigenvalue weighted by molar-refractivity contribution is 5.92. The normalized spacial score (nSPS) is 10.0. The highest BCUT2D eigenvalue weighted by Crippen LogP contribution is 2.17. The average molecular weight is 287 g/mol. The number of para-hydroxylation sites is 1. The van der Waals surface area contributed by atoms with Crippen molar-refractivity contribution in [2.75, 3.05) is 19.1 Å². The minimum Gasteiger partial charge on any atom is -0.496 e. The number of hydrazine groups is 1. The fraction of sp³-hybridized carbons (Fsp3) is 0.214. The van der Waals surface area contributed by atoms with E-state index >= 15 is 0 Å². The number of methoxy groups -OCH3 is 1. The molecular weight excluding hydrogens is 270 g/mol. The van der Waals surface area contributed by atoms with Crippen LogP contribution in [0.4, 0.5) is 5.82 Å². The third kappa shape index (κ3) is 3.90. The first-order valence-electron chi connectivity index (χ1n) is 6.45. The van der Waals surface area contributed by atoms with Gasteiger partial charge < -0.3 is 15.5 Å². The van der Waals surface area contributed by atoms with Crippen LogP contribution in [0.3, 0.4) is 0 Å². The van der Waals surface area contributed by atoms with E-state index in [2.05, 4.69) is 20.9 Å². The van der Waals surface area contributed by atoms with E-state index in [-0.39, 0.29) is 11.6 Å². The number of nitrogen functional groups attached to an aromatic ring is 1. The Morgan fingerprint density at radius 2 is 2.05 bits per heavy atom. The van der Waals surface area contributed by atoms with Gasteiger partial charge in [-0.3, -0.25) is 4.79 Å². The molecule has 4 N–H and O–H groups in total. The first-order valence-corrected chi connectivity index (χ1v) is 6.45. The lowest BCUT2D eigenvalue weighted by atomic mass is 10.1. The third-order valence-electron chi connectivity index (χ3n) is 2.92. The molecule has 1 aromatic carbocycles. The van der Waals surface area contributed by atoms with E-state index in [0.717, 1.165) is 11.3 Å². The molecule has 1 heterocycles. The van der Waals surface area contributed by atoms with E-state index in [0.29, 0.717) is 18.8 Å². The van der Waals surface area contributed by atoms with Crippen LogP contribution in [0, 0.1) is 0 Å². The topological polar surface area (TPSA) is 102 Å². The van der Waals surface area contributed by atoms with Gasteiger partial charge in [-0.15, -0.1) is 10.2 Å². The largest absolute Gasteiger partial charge is 0.496 e. The number of carbonyl (C=O) groups is 1. The smallest absolute Gasteiger partial charge is 0.271 e. The third-order valence-corrected chi connectivity index (χ3v) is 2.92. The summed E-state index contributed by atoms with van der Waals surface area (Å²) in [5, 5.41) is 10.3. The molecule has 110 valence electrons. The van der Waals surface area contributed by atoms with Crippen molar-refractivity contribution in [2.24, 2.45) is 5.84 Å². The van der Waals surface area contributed by atoms with Gasteiger partial charge in [-0.2, -0.15) is 0 Å². The van der Waals surface area contributed by atoms with Gasteiger partial charge in [0.25, 0.3) is 5.91 Å². The van der Waals surface area contributed by atoms with Gasteiger partial charge in [0.15, 0.2) is 11.5 Å². The van der Waals surface area contributed by atoms with Crippen LogP contribution in [-0.2, 0) is 6.42 Å². The summed E-state index contributed by atoms with van der Waals surface area (Å²) in [6.07, 6.45) is 0.672. The lowest BCUT2D eigenvalue weighted by Gasteiger charge is -2.08. The van der Waals surface area contributed by atoms with Crippen LogP contribution in [0.1, 0.15) is 16.1 Å². The van der Waals surface area contributed by atoms with E-state index in [1.807, 2.05) is 24.3 Å². The van der Waals surface area contributed by atoms with Crippen molar-refractivity contribution >= 4 is 11.7 Å². The summed E-state index contributed by atoms with van der Waals surface area (Å²) < 4.78 is 5.26. The number of aromatic nitrogens is 2. The van der Waals surface area contributed by atoms with E-state index in [4.69, 9.17) is 10.6 Å². The fourth-order valence-corrected chi connectivity index (χ4v) is 1.84. The monoisotopic (exact) mass is 287 g/mol. The number of benzene rings is 1. The maximum Gasteiger partial charge on any atom is 0.271 e. The number of hydrogen-bond acceptors (Lipinski definition) is 6. The van der Waals surface area contributed by atoms with Crippen LogP contribution >= 0.6 is 0 Å². The molecule has 2 aromatic rings. The maximum atomic E-state index is 11.9. The Kier molecular flexibility index (Phi) is 5.05. The van der Waals surface area contributed by atoms with E-state index < -0.39 is 0 Å². The van der Waals surface area contributed by atoms with Gasteiger partial charge in [0, 0.05) is 6.54 Å². The van der Waals surface area contributed by atoms with Crippen molar-refractivity contribution in [1.82, 2.24) is 15.5 Å². The van der Waals surface area contributed by atoms with Crippen molar-refractivity contribution in [3.63, 3.8) is 0 Å². The zero-order valence-corrected chi connectivity index (χ0v) is 11.7. The van der Waals surface area contributed by atoms with Gasteiger partial charge in [-0.1, -0.05) is 18.2 Å². The zero-order valence-electron chi connectivity index (χ0n) is 11.7. The van der Waals surface area contributed by atoms with Crippen LogP contribution < -0.4 is 21.3 Å². The number of nitrogens with one attached hydrogen (secondary N) is 2. The van der Waals surface area contributed by atoms with Crippen LogP contribution in [0.2, 0.25) is 0 Å². The molecule has 0 unspecified atom stereocenters. The zero-order chi connectivity index (χ0) is 15.1. The minimum absolute atomic E-state index is 0.244. The molecule has 0 saturated carbocycles. The van der Waals surface area contributed by atoms with Gasteiger partial charge in [0.2, 0.25) is 0 Å². The summed E-state index contributed by atoms with van der Waals surface area (Å²) in [5.41, 5.74) is 3.63. The van der Waals surface area contributed by atoms with Crippen molar-refractivity contribution < 1.29 is 9.53 Å². The van der Waals surface area contributed by atoms with Crippen LogP contribution in [0.15, 0.2) is 36.4 Å². The standard InChI is InChI=1S/C14H17N5O2/c1-21-12-5-3-2-4-10(12)8-9-16-14(20)11-6-7-13(17-15)19-18-11/h2-7H,8-9,15H2,1H3,(H,16,20)(H,17,19). The summed E-state index contributed by atoms with van der Waals surface area (Å²) in [5.74, 6) is 6.12. The molecular formula is C14H17N5O2. The lowest BCUT2D eigenvalue weighted by Crippen LogP contribution is -2.27. The number of carbonyl (C=O) groups excluding carboxylic acids is 1. The summed E-state index contributed by atoms with van der Waals surface area (Å²) >= 11 is 0.